The monoisotopic (exact) mass is 424 g/mol. The first kappa shape index (κ1) is 20.0. The molecule has 0 saturated heterocycles. The number of carbonyl (C=O) groups is 1. The predicted molar refractivity (Wildman–Crippen MR) is 117 cm³/mol. The van der Waals surface area contributed by atoms with Crippen LogP contribution >= 0.6 is 0 Å². The molecule has 0 aliphatic carbocycles. The van der Waals surface area contributed by atoms with Gasteiger partial charge in [0.15, 0.2) is 0 Å². The van der Waals surface area contributed by atoms with Crippen LogP contribution in [0.1, 0.15) is 28.0 Å². The topological polar surface area (TPSA) is 97.4 Å². The van der Waals surface area contributed by atoms with Gasteiger partial charge in [-0.05, 0) is 48.2 Å². The number of nitrogens with two attached hydrogens (primary N) is 1. The Morgan fingerprint density at radius 1 is 1.13 bits per heavy atom. The number of carbonyl (C=O) groups excluding carboxylic acids is 1. The minimum Gasteiger partial charge on any atom is -0.367 e. The van der Waals surface area contributed by atoms with E-state index in [9.17, 15) is 13.2 Å². The molecule has 3 aromatic rings. The second kappa shape index (κ2) is 7.87. The Morgan fingerprint density at radius 2 is 1.90 bits per heavy atom. The molecule has 0 unspecified atom stereocenters. The normalized spacial score (nSPS) is 13.7. The Hall–Kier alpha value is -3.26. The zero-order chi connectivity index (χ0) is 21.3. The lowest BCUT2D eigenvalue weighted by Gasteiger charge is -2.31. The molecule has 0 atom stereocenters. The predicted octanol–water partition coefficient (Wildman–Crippen LogP) is 2.88. The lowest BCUT2D eigenvalue weighted by atomic mass is 10.0. The maximum absolute atomic E-state index is 12.8. The molecule has 1 aliphatic rings. The maximum atomic E-state index is 12.8. The molecule has 0 fully saturated rings. The quantitative estimate of drug-likeness (QED) is 0.636. The highest BCUT2D eigenvalue weighted by molar-refractivity contribution is 7.92. The van der Waals surface area contributed by atoms with Crippen LogP contribution in [0, 0.1) is 0 Å². The van der Waals surface area contributed by atoms with Crippen molar-refractivity contribution in [3.8, 4) is 0 Å². The summed E-state index contributed by atoms with van der Waals surface area (Å²) in [5, 5.41) is 0. The summed E-state index contributed by atoms with van der Waals surface area (Å²) >= 11 is 0. The third-order valence-electron chi connectivity index (χ3n) is 5.31. The first-order valence-corrected chi connectivity index (χ1v) is 11.2. The number of primary amides is 1. The number of amides is 1. The Kier molecular flexibility index (Phi) is 5.26. The molecule has 2 heterocycles. The summed E-state index contributed by atoms with van der Waals surface area (Å²) in [5.41, 5.74) is 9.41. The van der Waals surface area contributed by atoms with E-state index in [-0.39, 0.29) is 10.6 Å². The van der Waals surface area contributed by atoms with Gasteiger partial charge in [0.2, 0.25) is 0 Å². The van der Waals surface area contributed by atoms with Gasteiger partial charge in [0.1, 0.15) is 10.6 Å². The van der Waals surface area contributed by atoms with E-state index in [4.69, 9.17) is 5.73 Å². The van der Waals surface area contributed by atoms with Crippen molar-refractivity contribution in [3.63, 3.8) is 0 Å². The Bertz CT molecular complexity index is 1190. The third-order valence-corrected chi connectivity index (χ3v) is 6.65. The summed E-state index contributed by atoms with van der Waals surface area (Å²) in [7, 11) is -2.25. The minimum absolute atomic E-state index is 0.00206. The number of aryl methyl sites for hydroxylation is 2. The molecule has 0 spiro atoms. The number of rotatable bonds is 6. The molecule has 8 heteroatoms. The Morgan fingerprint density at radius 3 is 2.60 bits per heavy atom. The molecule has 1 amide bonds. The number of aromatic nitrogens is 1. The standard InChI is InChI=1S/C22H24N4O3S/c1-25-15-19(13-21(25)22(23)27)30(28,29)24-18-9-10-20-17(12-18)8-5-11-26(20)14-16-6-3-2-4-7-16/h2-4,6-7,9-10,12-13,15,24H,5,8,11,14H2,1H3,(H2,23,27). The van der Waals surface area contributed by atoms with Crippen molar-refractivity contribution in [1.29, 1.82) is 0 Å². The van der Waals surface area contributed by atoms with Crippen molar-refractivity contribution in [2.24, 2.45) is 12.8 Å². The van der Waals surface area contributed by atoms with Gasteiger partial charge in [-0.2, -0.15) is 0 Å². The van der Waals surface area contributed by atoms with E-state index in [1.54, 1.807) is 13.1 Å². The summed E-state index contributed by atoms with van der Waals surface area (Å²) in [4.78, 5) is 13.7. The smallest absolute Gasteiger partial charge is 0.265 e. The van der Waals surface area contributed by atoms with Crippen LogP contribution in [0.2, 0.25) is 0 Å². The van der Waals surface area contributed by atoms with Crippen molar-refractivity contribution in [3.05, 3.63) is 77.6 Å². The highest BCUT2D eigenvalue weighted by Gasteiger charge is 2.22. The maximum Gasteiger partial charge on any atom is 0.265 e. The zero-order valence-corrected chi connectivity index (χ0v) is 17.5. The van der Waals surface area contributed by atoms with E-state index < -0.39 is 15.9 Å². The number of hydrogen-bond donors (Lipinski definition) is 2. The number of hydrogen-bond acceptors (Lipinski definition) is 4. The molecular formula is C22H24N4O3S. The van der Waals surface area contributed by atoms with E-state index in [1.165, 1.54) is 22.4 Å². The van der Waals surface area contributed by atoms with Crippen LogP contribution in [0.15, 0.2) is 65.7 Å². The van der Waals surface area contributed by atoms with Gasteiger partial charge >= 0.3 is 0 Å². The molecule has 0 radical (unpaired) electrons. The highest BCUT2D eigenvalue weighted by atomic mass is 32.2. The fraction of sp³-hybridized carbons (Fsp3) is 0.227. The fourth-order valence-corrected chi connectivity index (χ4v) is 4.97. The van der Waals surface area contributed by atoms with E-state index >= 15 is 0 Å². The van der Waals surface area contributed by atoms with Crippen LogP contribution in [-0.4, -0.2) is 25.4 Å². The number of nitrogens with zero attached hydrogens (tertiary/aromatic N) is 2. The van der Waals surface area contributed by atoms with Crippen molar-refractivity contribution in [2.45, 2.75) is 24.3 Å². The molecule has 2 aromatic carbocycles. The van der Waals surface area contributed by atoms with E-state index in [1.807, 2.05) is 30.3 Å². The van der Waals surface area contributed by atoms with Gasteiger partial charge in [-0.15, -0.1) is 0 Å². The van der Waals surface area contributed by atoms with Gasteiger partial charge < -0.3 is 15.2 Å². The van der Waals surface area contributed by atoms with Crippen molar-refractivity contribution >= 4 is 27.3 Å². The zero-order valence-electron chi connectivity index (χ0n) is 16.7. The van der Waals surface area contributed by atoms with Gasteiger partial charge in [0.25, 0.3) is 15.9 Å². The number of nitrogens with one attached hydrogen (secondary N) is 1. The van der Waals surface area contributed by atoms with Crippen LogP contribution in [0.4, 0.5) is 11.4 Å². The average molecular weight is 425 g/mol. The van der Waals surface area contributed by atoms with Crippen LogP contribution in [0.25, 0.3) is 0 Å². The molecule has 0 saturated carbocycles. The van der Waals surface area contributed by atoms with Crippen molar-refractivity contribution in [1.82, 2.24) is 4.57 Å². The molecule has 1 aliphatic heterocycles. The summed E-state index contributed by atoms with van der Waals surface area (Å²) in [6.45, 7) is 1.78. The molecule has 1 aromatic heterocycles. The van der Waals surface area contributed by atoms with Crippen molar-refractivity contribution < 1.29 is 13.2 Å². The van der Waals surface area contributed by atoms with Crippen LogP contribution in [0.3, 0.4) is 0 Å². The Labute approximate surface area is 176 Å². The van der Waals surface area contributed by atoms with Crippen LogP contribution in [0.5, 0.6) is 0 Å². The first-order valence-electron chi connectivity index (χ1n) is 9.74. The van der Waals surface area contributed by atoms with Gasteiger partial charge in [-0.3, -0.25) is 9.52 Å². The molecule has 4 rings (SSSR count). The number of benzene rings is 2. The molecular weight excluding hydrogens is 400 g/mol. The van der Waals surface area contributed by atoms with E-state index in [2.05, 4.69) is 21.8 Å². The lowest BCUT2D eigenvalue weighted by Crippen LogP contribution is -2.28. The second-order valence-corrected chi connectivity index (χ2v) is 9.18. The molecule has 156 valence electrons. The van der Waals surface area contributed by atoms with Gasteiger partial charge in [-0.25, -0.2) is 8.42 Å². The van der Waals surface area contributed by atoms with Gasteiger partial charge in [-0.1, -0.05) is 30.3 Å². The van der Waals surface area contributed by atoms with Crippen LogP contribution in [-0.2, 0) is 30.0 Å². The summed E-state index contributed by atoms with van der Waals surface area (Å²) in [6.07, 6.45) is 3.28. The fourth-order valence-electron chi connectivity index (χ4n) is 3.85. The van der Waals surface area contributed by atoms with Crippen molar-refractivity contribution in [2.75, 3.05) is 16.2 Å². The largest absolute Gasteiger partial charge is 0.367 e. The summed E-state index contributed by atoms with van der Waals surface area (Å²) < 4.78 is 29.6. The minimum atomic E-state index is -3.83. The second-order valence-electron chi connectivity index (χ2n) is 7.50. The molecule has 3 N–H and O–H groups in total. The van der Waals surface area contributed by atoms with E-state index in [0.717, 1.165) is 37.2 Å². The number of sulfonamides is 1. The van der Waals surface area contributed by atoms with E-state index in [0.29, 0.717) is 5.69 Å². The average Bonchev–Trinajstić information content (AvgIpc) is 3.12. The summed E-state index contributed by atoms with van der Waals surface area (Å²) in [5.74, 6) is -0.675. The van der Waals surface area contributed by atoms with Gasteiger partial charge in [0.05, 0.1) is 0 Å². The molecule has 0 bridgehead atoms. The molecule has 30 heavy (non-hydrogen) atoms. The Balaban J connectivity index is 1.57. The highest BCUT2D eigenvalue weighted by Crippen LogP contribution is 2.31. The lowest BCUT2D eigenvalue weighted by molar-refractivity contribution is 0.0992. The van der Waals surface area contributed by atoms with Gasteiger partial charge in [0, 0.05) is 37.7 Å². The summed E-state index contributed by atoms with van der Waals surface area (Å²) in [6, 6.07) is 17.2. The number of fused-ring (bicyclic) bond motifs is 1. The number of anilines is 2. The first-order chi connectivity index (χ1) is 14.3. The molecule has 7 nitrogen and oxygen atoms in total. The third kappa shape index (κ3) is 4.04. The SMILES string of the molecule is Cn1cc(S(=O)(=O)Nc2ccc3c(c2)CCCN3Cc2ccccc2)cc1C(N)=O. The van der Waals surface area contributed by atoms with Crippen LogP contribution < -0.4 is 15.4 Å².